The fourth-order valence-electron chi connectivity index (χ4n) is 1.64. The molecule has 0 bridgehead atoms. The van der Waals surface area contributed by atoms with E-state index >= 15 is 0 Å². The van der Waals surface area contributed by atoms with Crippen LogP contribution in [0.5, 0.6) is 5.75 Å². The van der Waals surface area contributed by atoms with Gasteiger partial charge in [0, 0.05) is 0 Å². The molecule has 1 aromatic carbocycles. The van der Waals surface area contributed by atoms with Crippen LogP contribution < -0.4 is 10.1 Å². The van der Waals surface area contributed by atoms with Gasteiger partial charge in [-0.1, -0.05) is 0 Å². The van der Waals surface area contributed by atoms with Crippen molar-refractivity contribution in [3.05, 3.63) is 53.7 Å². The zero-order valence-electron chi connectivity index (χ0n) is 11.4. The lowest BCUT2D eigenvalue weighted by Crippen LogP contribution is -2.27. The molecule has 112 valence electrons. The van der Waals surface area contributed by atoms with Gasteiger partial charge in [-0.25, -0.2) is 4.39 Å². The highest BCUT2D eigenvalue weighted by Gasteiger charge is 2.13. The Hall–Kier alpha value is -2.01. The Morgan fingerprint density at radius 2 is 2.05 bits per heavy atom. The molecule has 0 fully saturated rings. The maximum Gasteiger partial charge on any atom is 0.287 e. The van der Waals surface area contributed by atoms with Crippen LogP contribution in [0.2, 0.25) is 0 Å². The quantitative estimate of drug-likeness (QED) is 0.656. The van der Waals surface area contributed by atoms with Gasteiger partial charge in [0.1, 0.15) is 23.9 Å². The number of ether oxygens (including phenoxy) is 1. The maximum absolute atomic E-state index is 12.7. The molecule has 1 amide bonds. The lowest BCUT2D eigenvalue weighted by molar-refractivity contribution is 0.0917. The summed E-state index contributed by atoms with van der Waals surface area (Å²) in [6, 6.07) is 8.92. The first kappa shape index (κ1) is 15.4. The molecule has 0 aliphatic heterocycles. The van der Waals surface area contributed by atoms with Crippen LogP contribution in [0.4, 0.5) is 4.39 Å². The molecule has 4 nitrogen and oxygen atoms in total. The van der Waals surface area contributed by atoms with Crippen molar-refractivity contribution in [3.63, 3.8) is 0 Å². The second-order valence-electron chi connectivity index (χ2n) is 4.38. The number of halogens is 2. The van der Waals surface area contributed by atoms with Crippen molar-refractivity contribution in [1.82, 2.24) is 5.32 Å². The molecular formula is C15H15ClFNO3. The van der Waals surface area contributed by atoms with Crippen molar-refractivity contribution in [1.29, 1.82) is 0 Å². The zero-order chi connectivity index (χ0) is 15.2. The lowest BCUT2D eigenvalue weighted by atomic mass is 10.3. The monoisotopic (exact) mass is 311 g/mol. The molecule has 1 aromatic heterocycles. The van der Waals surface area contributed by atoms with Crippen LogP contribution in [0.15, 0.2) is 40.8 Å². The summed E-state index contributed by atoms with van der Waals surface area (Å²) >= 11 is 5.85. The van der Waals surface area contributed by atoms with Gasteiger partial charge in [-0.2, -0.15) is 0 Å². The molecule has 1 heterocycles. The van der Waals surface area contributed by atoms with Crippen LogP contribution in [0.1, 0.15) is 28.6 Å². The van der Waals surface area contributed by atoms with E-state index in [2.05, 4.69) is 5.32 Å². The molecule has 0 radical (unpaired) electrons. The van der Waals surface area contributed by atoms with Crippen molar-refractivity contribution < 1.29 is 18.3 Å². The second-order valence-corrected chi connectivity index (χ2v) is 5.03. The number of rotatable bonds is 6. The van der Waals surface area contributed by atoms with Crippen LogP contribution in [-0.2, 0) is 0 Å². The van der Waals surface area contributed by atoms with Gasteiger partial charge in [0.05, 0.1) is 11.9 Å². The van der Waals surface area contributed by atoms with Crippen LogP contribution in [0, 0.1) is 5.82 Å². The van der Waals surface area contributed by atoms with E-state index in [1.54, 1.807) is 19.1 Å². The molecule has 0 saturated carbocycles. The SMILES string of the molecule is CC(Cl)c1ccc(C(=O)NCCOc2ccc(F)cc2)o1. The summed E-state index contributed by atoms with van der Waals surface area (Å²) in [6.45, 7) is 2.35. The summed E-state index contributed by atoms with van der Waals surface area (Å²) in [5.74, 6) is 0.643. The minimum Gasteiger partial charge on any atom is -0.492 e. The molecule has 1 unspecified atom stereocenters. The topological polar surface area (TPSA) is 51.5 Å². The summed E-state index contributed by atoms with van der Waals surface area (Å²) < 4.78 is 23.4. The number of alkyl halides is 1. The Kier molecular flexibility index (Phi) is 5.22. The Balaban J connectivity index is 1.75. The van der Waals surface area contributed by atoms with Crippen LogP contribution in [0.3, 0.4) is 0 Å². The minimum absolute atomic E-state index is 0.208. The van der Waals surface area contributed by atoms with Crippen molar-refractivity contribution in [2.24, 2.45) is 0 Å². The van der Waals surface area contributed by atoms with Gasteiger partial charge in [0.25, 0.3) is 5.91 Å². The predicted octanol–water partition coefficient (Wildman–Crippen LogP) is 3.53. The maximum atomic E-state index is 12.7. The molecule has 2 aromatic rings. The van der Waals surface area contributed by atoms with Crippen molar-refractivity contribution in [3.8, 4) is 5.75 Å². The van der Waals surface area contributed by atoms with Crippen LogP contribution >= 0.6 is 11.6 Å². The van der Waals surface area contributed by atoms with E-state index < -0.39 is 0 Å². The number of amides is 1. The fraction of sp³-hybridized carbons (Fsp3) is 0.267. The summed E-state index contributed by atoms with van der Waals surface area (Å²) in [5, 5.41) is 2.37. The Bertz CT molecular complexity index is 595. The average molecular weight is 312 g/mol. The normalized spacial score (nSPS) is 12.0. The molecular weight excluding hydrogens is 297 g/mol. The standard InChI is InChI=1S/C15H15ClFNO3/c1-10(16)13-6-7-14(21-13)15(19)18-8-9-20-12-4-2-11(17)3-5-12/h2-7,10H,8-9H2,1H3,(H,18,19). The molecule has 0 saturated heterocycles. The van der Waals surface area contributed by atoms with Crippen LogP contribution in [-0.4, -0.2) is 19.1 Å². The van der Waals surface area contributed by atoms with Gasteiger partial charge >= 0.3 is 0 Å². The molecule has 0 aliphatic rings. The Morgan fingerprint density at radius 3 is 2.67 bits per heavy atom. The molecule has 1 N–H and O–H groups in total. The van der Waals surface area contributed by atoms with Gasteiger partial charge in [-0.05, 0) is 43.3 Å². The number of carbonyl (C=O) groups excluding carboxylic acids is 1. The summed E-state index contributed by atoms with van der Waals surface area (Å²) in [7, 11) is 0. The third kappa shape index (κ3) is 4.49. The van der Waals surface area contributed by atoms with E-state index in [-0.39, 0.29) is 29.5 Å². The number of hydrogen-bond acceptors (Lipinski definition) is 3. The fourth-order valence-corrected chi connectivity index (χ4v) is 1.76. The lowest BCUT2D eigenvalue weighted by Gasteiger charge is -2.06. The molecule has 1 atom stereocenters. The minimum atomic E-state index is -0.332. The average Bonchev–Trinajstić information content (AvgIpc) is 2.95. The smallest absolute Gasteiger partial charge is 0.287 e. The van der Waals surface area contributed by atoms with Gasteiger partial charge in [0.15, 0.2) is 5.76 Å². The van der Waals surface area contributed by atoms with Crippen LogP contribution in [0.25, 0.3) is 0 Å². The number of nitrogens with one attached hydrogen (secondary N) is 1. The highest BCUT2D eigenvalue weighted by molar-refractivity contribution is 6.20. The van der Waals surface area contributed by atoms with E-state index in [1.165, 1.54) is 24.3 Å². The number of furan rings is 1. The predicted molar refractivity (Wildman–Crippen MR) is 77.2 cm³/mol. The highest BCUT2D eigenvalue weighted by atomic mass is 35.5. The van der Waals surface area contributed by atoms with Gasteiger partial charge in [-0.3, -0.25) is 4.79 Å². The van der Waals surface area contributed by atoms with E-state index in [1.807, 2.05) is 0 Å². The number of hydrogen-bond donors (Lipinski definition) is 1. The van der Waals surface area contributed by atoms with Gasteiger partial charge in [-0.15, -0.1) is 11.6 Å². The van der Waals surface area contributed by atoms with E-state index in [0.717, 1.165) is 0 Å². The first-order valence-corrected chi connectivity index (χ1v) is 6.90. The largest absolute Gasteiger partial charge is 0.492 e. The summed E-state index contributed by atoms with van der Waals surface area (Å²) in [5.41, 5.74) is 0. The molecule has 6 heteroatoms. The molecule has 2 rings (SSSR count). The Labute approximate surface area is 126 Å². The third-order valence-electron chi connectivity index (χ3n) is 2.71. The molecule has 0 aliphatic carbocycles. The summed E-state index contributed by atoms with van der Waals surface area (Å²) in [4.78, 5) is 11.8. The molecule has 21 heavy (non-hydrogen) atoms. The van der Waals surface area contributed by atoms with E-state index in [4.69, 9.17) is 20.8 Å². The van der Waals surface area contributed by atoms with Crippen molar-refractivity contribution in [2.45, 2.75) is 12.3 Å². The number of carbonyl (C=O) groups is 1. The zero-order valence-corrected chi connectivity index (χ0v) is 12.2. The van der Waals surface area contributed by atoms with Gasteiger partial charge in [0.2, 0.25) is 0 Å². The first-order valence-electron chi connectivity index (χ1n) is 6.46. The molecule has 0 spiro atoms. The first-order chi connectivity index (χ1) is 10.1. The van der Waals surface area contributed by atoms with Crippen molar-refractivity contribution in [2.75, 3.05) is 13.2 Å². The van der Waals surface area contributed by atoms with E-state index in [0.29, 0.717) is 18.1 Å². The van der Waals surface area contributed by atoms with E-state index in [9.17, 15) is 9.18 Å². The number of benzene rings is 1. The second kappa shape index (κ2) is 7.13. The summed E-state index contributed by atoms with van der Waals surface area (Å²) in [6.07, 6.45) is 0. The van der Waals surface area contributed by atoms with Gasteiger partial charge < -0.3 is 14.5 Å². The Morgan fingerprint density at radius 1 is 1.33 bits per heavy atom. The van der Waals surface area contributed by atoms with Crippen molar-refractivity contribution >= 4 is 17.5 Å². The highest BCUT2D eigenvalue weighted by Crippen LogP contribution is 2.21. The third-order valence-corrected chi connectivity index (χ3v) is 2.93.